The van der Waals surface area contributed by atoms with Gasteiger partial charge in [0.25, 0.3) is 5.91 Å². The van der Waals surface area contributed by atoms with Crippen molar-refractivity contribution in [1.29, 1.82) is 0 Å². The number of carbonyl (C=O) groups excluding carboxylic acids is 2. The minimum Gasteiger partial charge on any atom is -0.479 e. The molecule has 1 atom stereocenters. The summed E-state index contributed by atoms with van der Waals surface area (Å²) in [6, 6.07) is 16.1. The van der Waals surface area contributed by atoms with E-state index in [1.807, 2.05) is 36.4 Å². The molecule has 3 N–H and O–H groups in total. The fraction of sp³-hybridized carbons (Fsp3) is 0.280. The van der Waals surface area contributed by atoms with Crippen LogP contribution in [0.4, 0.5) is 4.79 Å². The highest BCUT2D eigenvalue weighted by Gasteiger charge is 2.29. The molecule has 2 aromatic carbocycles. The minimum atomic E-state index is -1.11. The van der Waals surface area contributed by atoms with Gasteiger partial charge in [0.05, 0.1) is 6.54 Å². The van der Waals surface area contributed by atoms with E-state index in [9.17, 15) is 14.4 Å². The lowest BCUT2D eigenvalue weighted by atomic mass is 9.98. The Balaban J connectivity index is 1.29. The van der Waals surface area contributed by atoms with Crippen molar-refractivity contribution in [2.24, 2.45) is 0 Å². The second kappa shape index (κ2) is 10.8. The van der Waals surface area contributed by atoms with E-state index in [4.69, 9.17) is 19.0 Å². The van der Waals surface area contributed by atoms with Crippen molar-refractivity contribution in [1.82, 2.24) is 15.6 Å². The third kappa shape index (κ3) is 5.33. The Morgan fingerprint density at radius 2 is 1.71 bits per heavy atom. The van der Waals surface area contributed by atoms with Gasteiger partial charge in [0, 0.05) is 26.0 Å². The zero-order valence-electron chi connectivity index (χ0n) is 19.0. The highest BCUT2D eigenvalue weighted by Crippen LogP contribution is 2.44. The molecule has 10 nitrogen and oxygen atoms in total. The number of rotatable bonds is 10. The Bertz CT molecular complexity index is 1180. The summed E-state index contributed by atoms with van der Waals surface area (Å²) in [6.07, 6.45) is -0.497. The summed E-state index contributed by atoms with van der Waals surface area (Å²) >= 11 is 0. The van der Waals surface area contributed by atoms with Crippen LogP contribution in [0.2, 0.25) is 0 Å². The Morgan fingerprint density at radius 3 is 2.34 bits per heavy atom. The number of amides is 2. The Hall–Kier alpha value is -4.18. The van der Waals surface area contributed by atoms with E-state index in [1.54, 1.807) is 0 Å². The van der Waals surface area contributed by atoms with Crippen molar-refractivity contribution in [3.05, 3.63) is 77.5 Å². The van der Waals surface area contributed by atoms with Crippen molar-refractivity contribution in [2.45, 2.75) is 25.0 Å². The molecule has 1 unspecified atom stereocenters. The maximum absolute atomic E-state index is 12.4. The van der Waals surface area contributed by atoms with Crippen molar-refractivity contribution in [3.8, 4) is 11.1 Å². The van der Waals surface area contributed by atoms with E-state index < -0.39 is 24.1 Å². The first-order chi connectivity index (χ1) is 17.0. The predicted octanol–water partition coefficient (Wildman–Crippen LogP) is 2.93. The van der Waals surface area contributed by atoms with E-state index in [0.29, 0.717) is 0 Å². The maximum Gasteiger partial charge on any atom is 0.407 e. The standard InChI is InChI=1S/C25H25N3O7/c1-33-20(24(30)31)10-11-26-23(29)22-21(35-14-28-22)12-27-25(32)34-13-19-17-8-4-2-6-15(17)16-7-3-5-9-18(16)19/h2-9,14,19-20H,10-13H2,1H3,(H,26,29)(H,27,32)(H,30,31). The van der Waals surface area contributed by atoms with Crippen LogP contribution in [0.5, 0.6) is 0 Å². The van der Waals surface area contributed by atoms with Crippen LogP contribution in [0.15, 0.2) is 59.3 Å². The van der Waals surface area contributed by atoms with E-state index >= 15 is 0 Å². The highest BCUT2D eigenvalue weighted by atomic mass is 16.5. The number of methoxy groups -OCH3 is 1. The monoisotopic (exact) mass is 479 g/mol. The number of carboxylic acid groups (broad SMARTS) is 1. The van der Waals surface area contributed by atoms with Crippen molar-refractivity contribution < 1.29 is 33.4 Å². The second-order valence-corrected chi connectivity index (χ2v) is 7.91. The van der Waals surface area contributed by atoms with Gasteiger partial charge >= 0.3 is 12.1 Å². The SMILES string of the molecule is COC(CCNC(=O)c1ncoc1CNC(=O)OCC1c2ccccc2-c2ccccc21)C(=O)O. The number of hydrogen-bond donors (Lipinski definition) is 3. The molecule has 1 aliphatic carbocycles. The molecule has 3 aromatic rings. The molecule has 10 heteroatoms. The summed E-state index contributed by atoms with van der Waals surface area (Å²) in [6.45, 7) is 0.124. The van der Waals surface area contributed by atoms with Crippen LogP contribution in [0.3, 0.4) is 0 Å². The minimum absolute atomic E-state index is 0.00626. The number of ether oxygens (including phenoxy) is 2. The van der Waals surface area contributed by atoms with Crippen LogP contribution in [0.1, 0.15) is 39.7 Å². The molecule has 0 saturated carbocycles. The van der Waals surface area contributed by atoms with E-state index in [2.05, 4.69) is 27.8 Å². The lowest BCUT2D eigenvalue weighted by Gasteiger charge is -2.14. The van der Waals surface area contributed by atoms with Gasteiger partial charge in [0.2, 0.25) is 0 Å². The van der Waals surface area contributed by atoms with Gasteiger partial charge in [-0.25, -0.2) is 14.6 Å². The lowest BCUT2D eigenvalue weighted by molar-refractivity contribution is -0.148. The van der Waals surface area contributed by atoms with Gasteiger partial charge in [0.15, 0.2) is 24.0 Å². The summed E-state index contributed by atoms with van der Waals surface area (Å²) in [5.41, 5.74) is 4.47. The summed E-state index contributed by atoms with van der Waals surface area (Å²) in [4.78, 5) is 39.6. The van der Waals surface area contributed by atoms with Crippen LogP contribution in [-0.4, -0.2) is 54.4 Å². The number of aromatic nitrogens is 1. The summed E-state index contributed by atoms with van der Waals surface area (Å²) in [5, 5.41) is 14.1. The molecule has 0 saturated heterocycles. The number of nitrogens with one attached hydrogen (secondary N) is 2. The molecular weight excluding hydrogens is 454 g/mol. The summed E-state index contributed by atoms with van der Waals surface area (Å²) in [5.74, 6) is -1.58. The van der Waals surface area contributed by atoms with Gasteiger partial charge in [-0.05, 0) is 22.3 Å². The molecule has 1 aromatic heterocycles. The molecule has 0 aliphatic heterocycles. The quantitative estimate of drug-likeness (QED) is 0.403. The number of alkyl carbamates (subject to hydrolysis) is 1. The fourth-order valence-corrected chi connectivity index (χ4v) is 4.13. The first-order valence-corrected chi connectivity index (χ1v) is 11.0. The second-order valence-electron chi connectivity index (χ2n) is 7.91. The number of oxazole rings is 1. The first-order valence-electron chi connectivity index (χ1n) is 11.0. The van der Waals surface area contributed by atoms with Crippen LogP contribution in [0, 0.1) is 0 Å². The molecule has 0 radical (unpaired) electrons. The zero-order chi connectivity index (χ0) is 24.8. The first kappa shape index (κ1) is 24.0. The Labute approximate surface area is 201 Å². The molecule has 1 heterocycles. The average Bonchev–Trinajstić information content (AvgIpc) is 3.46. The largest absolute Gasteiger partial charge is 0.479 e. The molecule has 0 bridgehead atoms. The number of nitrogens with zero attached hydrogens (tertiary/aromatic N) is 1. The van der Waals surface area contributed by atoms with E-state index in [-0.39, 0.29) is 43.5 Å². The van der Waals surface area contributed by atoms with E-state index in [0.717, 1.165) is 28.6 Å². The van der Waals surface area contributed by atoms with Crippen molar-refractivity contribution in [3.63, 3.8) is 0 Å². The smallest absolute Gasteiger partial charge is 0.407 e. The number of fused-ring (bicyclic) bond motifs is 3. The topological polar surface area (TPSA) is 140 Å². The number of hydrogen-bond acceptors (Lipinski definition) is 7. The molecule has 0 spiro atoms. The van der Waals surface area contributed by atoms with Crippen LogP contribution in [-0.2, 0) is 20.8 Å². The summed E-state index contributed by atoms with van der Waals surface area (Å²) < 4.78 is 15.5. The molecular formula is C25H25N3O7. The van der Waals surface area contributed by atoms with Gasteiger partial charge in [0.1, 0.15) is 6.61 Å². The van der Waals surface area contributed by atoms with Crippen LogP contribution >= 0.6 is 0 Å². The normalized spacial score (nSPS) is 12.9. The molecule has 4 rings (SSSR count). The van der Waals surface area contributed by atoms with Gasteiger partial charge in [-0.1, -0.05) is 48.5 Å². The molecule has 0 fully saturated rings. The predicted molar refractivity (Wildman–Crippen MR) is 124 cm³/mol. The molecule has 1 aliphatic rings. The zero-order valence-corrected chi connectivity index (χ0v) is 19.0. The van der Waals surface area contributed by atoms with Crippen molar-refractivity contribution in [2.75, 3.05) is 20.3 Å². The molecule has 35 heavy (non-hydrogen) atoms. The Morgan fingerprint density at radius 1 is 1.06 bits per heavy atom. The van der Waals surface area contributed by atoms with Gasteiger partial charge in [-0.15, -0.1) is 0 Å². The molecule has 182 valence electrons. The fourth-order valence-electron chi connectivity index (χ4n) is 4.13. The van der Waals surface area contributed by atoms with Gasteiger partial charge < -0.3 is 29.6 Å². The number of carbonyl (C=O) groups is 3. The van der Waals surface area contributed by atoms with Gasteiger partial charge in [-0.3, -0.25) is 4.79 Å². The van der Waals surface area contributed by atoms with Crippen LogP contribution in [0.25, 0.3) is 11.1 Å². The maximum atomic E-state index is 12.4. The average molecular weight is 479 g/mol. The van der Waals surface area contributed by atoms with Gasteiger partial charge in [-0.2, -0.15) is 0 Å². The lowest BCUT2D eigenvalue weighted by Crippen LogP contribution is -2.32. The summed E-state index contributed by atoms with van der Waals surface area (Å²) in [7, 11) is 1.28. The Kier molecular flexibility index (Phi) is 7.41. The number of benzene rings is 2. The number of aliphatic carboxylic acids is 1. The number of carboxylic acids is 1. The van der Waals surface area contributed by atoms with E-state index in [1.165, 1.54) is 7.11 Å². The highest BCUT2D eigenvalue weighted by molar-refractivity contribution is 5.93. The van der Waals surface area contributed by atoms with Crippen molar-refractivity contribution >= 4 is 18.0 Å². The van der Waals surface area contributed by atoms with Crippen LogP contribution < -0.4 is 10.6 Å². The third-order valence-corrected chi connectivity index (χ3v) is 5.84. The molecule has 2 amide bonds. The third-order valence-electron chi connectivity index (χ3n) is 5.84.